The molecule has 74 valence electrons. The van der Waals surface area contributed by atoms with Crippen molar-refractivity contribution in [3.05, 3.63) is 33.9 Å². The molecule has 0 aromatic heterocycles. The highest BCUT2D eigenvalue weighted by molar-refractivity contribution is 6.01. The third kappa shape index (κ3) is 1.69. The maximum atomic E-state index is 11.0. The lowest BCUT2D eigenvalue weighted by molar-refractivity contribution is -0.386. The SMILES string of the molecule is O=C(CO)c1cccc(O)c1[N+](=O)[O-]. The van der Waals surface area contributed by atoms with Gasteiger partial charge in [-0.3, -0.25) is 14.9 Å². The number of aliphatic hydroxyl groups is 1. The van der Waals surface area contributed by atoms with Gasteiger partial charge in [0, 0.05) is 0 Å². The van der Waals surface area contributed by atoms with Crippen LogP contribution in [0.5, 0.6) is 5.75 Å². The lowest BCUT2D eigenvalue weighted by atomic mass is 10.1. The van der Waals surface area contributed by atoms with Gasteiger partial charge in [0.05, 0.1) is 4.92 Å². The number of hydrogen-bond donors (Lipinski definition) is 2. The molecule has 0 fully saturated rings. The molecular weight excluding hydrogens is 190 g/mol. The van der Waals surface area contributed by atoms with E-state index in [1.807, 2.05) is 0 Å². The molecule has 0 atom stereocenters. The van der Waals surface area contributed by atoms with Crippen LogP contribution in [0.15, 0.2) is 18.2 Å². The van der Waals surface area contributed by atoms with Crippen LogP contribution < -0.4 is 0 Å². The van der Waals surface area contributed by atoms with Crippen molar-refractivity contribution < 1.29 is 19.9 Å². The van der Waals surface area contributed by atoms with Crippen molar-refractivity contribution in [2.24, 2.45) is 0 Å². The first-order valence-electron chi connectivity index (χ1n) is 3.68. The smallest absolute Gasteiger partial charge is 0.321 e. The fourth-order valence-corrected chi connectivity index (χ4v) is 1.03. The summed E-state index contributed by atoms with van der Waals surface area (Å²) in [5.74, 6) is -1.39. The molecule has 0 saturated carbocycles. The molecule has 0 saturated heterocycles. The molecule has 0 aliphatic carbocycles. The van der Waals surface area contributed by atoms with Crippen LogP contribution in [0.4, 0.5) is 5.69 Å². The highest BCUT2D eigenvalue weighted by Gasteiger charge is 2.23. The molecule has 1 aromatic rings. The van der Waals surface area contributed by atoms with Crippen LogP contribution in [0.25, 0.3) is 0 Å². The summed E-state index contributed by atoms with van der Waals surface area (Å²) in [5, 5.41) is 28.1. The molecule has 0 spiro atoms. The third-order valence-electron chi connectivity index (χ3n) is 1.64. The molecule has 0 amide bonds. The molecular formula is C8H7NO5. The van der Waals surface area contributed by atoms with Crippen LogP contribution in [0.1, 0.15) is 10.4 Å². The minimum absolute atomic E-state index is 0.294. The molecule has 1 aromatic carbocycles. The van der Waals surface area contributed by atoms with Crippen LogP contribution in [0, 0.1) is 10.1 Å². The Kier molecular flexibility index (Phi) is 2.78. The number of nitrogens with zero attached hydrogens (tertiary/aromatic N) is 1. The monoisotopic (exact) mass is 197 g/mol. The summed E-state index contributed by atoms with van der Waals surface area (Å²) in [4.78, 5) is 20.6. The van der Waals surface area contributed by atoms with E-state index in [0.717, 1.165) is 6.07 Å². The minimum atomic E-state index is -0.863. The van der Waals surface area contributed by atoms with E-state index in [1.165, 1.54) is 12.1 Å². The Morgan fingerprint density at radius 2 is 2.14 bits per heavy atom. The summed E-state index contributed by atoms with van der Waals surface area (Å²) in [6.45, 7) is -0.829. The number of phenols is 1. The molecule has 0 heterocycles. The number of carbonyl (C=O) groups is 1. The molecule has 1 rings (SSSR count). The Hall–Kier alpha value is -1.95. The maximum absolute atomic E-state index is 11.0. The zero-order valence-electron chi connectivity index (χ0n) is 7.01. The van der Waals surface area contributed by atoms with Crippen molar-refractivity contribution in [2.45, 2.75) is 0 Å². The van der Waals surface area contributed by atoms with Gasteiger partial charge in [0.15, 0.2) is 11.5 Å². The van der Waals surface area contributed by atoms with Gasteiger partial charge < -0.3 is 10.2 Å². The lowest BCUT2D eigenvalue weighted by Gasteiger charge is -2.00. The van der Waals surface area contributed by atoms with E-state index in [2.05, 4.69) is 0 Å². The highest BCUT2D eigenvalue weighted by Crippen LogP contribution is 2.29. The average molecular weight is 197 g/mol. The van der Waals surface area contributed by atoms with Gasteiger partial charge >= 0.3 is 5.69 Å². The number of benzene rings is 1. The quantitative estimate of drug-likeness (QED) is 0.416. The molecule has 0 unspecified atom stereocenters. The molecule has 6 nitrogen and oxygen atoms in total. The van der Waals surface area contributed by atoms with Gasteiger partial charge in [-0.2, -0.15) is 0 Å². The molecule has 14 heavy (non-hydrogen) atoms. The van der Waals surface area contributed by atoms with Crippen molar-refractivity contribution in [1.29, 1.82) is 0 Å². The minimum Gasteiger partial charge on any atom is -0.502 e. The second-order valence-electron chi connectivity index (χ2n) is 2.51. The number of phenolic OH excluding ortho intramolecular Hbond substituents is 1. The van der Waals surface area contributed by atoms with Gasteiger partial charge in [-0.15, -0.1) is 0 Å². The standard InChI is InChI=1S/C8H7NO5/c10-4-7(12)5-2-1-3-6(11)8(5)9(13)14/h1-3,10-11H,4H2. The van der Waals surface area contributed by atoms with Crippen molar-refractivity contribution in [3.63, 3.8) is 0 Å². The van der Waals surface area contributed by atoms with E-state index in [-0.39, 0.29) is 5.56 Å². The predicted molar refractivity (Wildman–Crippen MR) is 46.2 cm³/mol. The number of aromatic hydroxyl groups is 1. The number of nitro benzene ring substituents is 1. The van der Waals surface area contributed by atoms with Crippen molar-refractivity contribution in [1.82, 2.24) is 0 Å². The van der Waals surface area contributed by atoms with Gasteiger partial charge in [-0.05, 0) is 12.1 Å². The van der Waals surface area contributed by atoms with Crippen LogP contribution in [-0.4, -0.2) is 27.5 Å². The van der Waals surface area contributed by atoms with E-state index in [9.17, 15) is 14.9 Å². The number of Topliss-reactive ketones (excluding diaryl/α,β-unsaturated/α-hetero) is 1. The molecule has 2 N–H and O–H groups in total. The first kappa shape index (κ1) is 10.1. The zero-order valence-corrected chi connectivity index (χ0v) is 7.01. The van der Waals surface area contributed by atoms with Crippen LogP contribution in [0.3, 0.4) is 0 Å². The number of hydrogen-bond acceptors (Lipinski definition) is 5. The van der Waals surface area contributed by atoms with E-state index in [4.69, 9.17) is 10.2 Å². The summed E-state index contributed by atoms with van der Waals surface area (Å²) in [6, 6.07) is 3.58. The van der Waals surface area contributed by atoms with Crippen LogP contribution >= 0.6 is 0 Å². The molecule has 0 radical (unpaired) electrons. The van der Waals surface area contributed by atoms with Gasteiger partial charge in [-0.1, -0.05) is 6.07 Å². The van der Waals surface area contributed by atoms with Crippen molar-refractivity contribution in [2.75, 3.05) is 6.61 Å². The molecule has 0 bridgehead atoms. The maximum Gasteiger partial charge on any atom is 0.321 e. The third-order valence-corrected chi connectivity index (χ3v) is 1.64. The number of aliphatic hydroxyl groups excluding tert-OH is 1. The van der Waals surface area contributed by atoms with Gasteiger partial charge in [0.2, 0.25) is 0 Å². The second kappa shape index (κ2) is 3.84. The highest BCUT2D eigenvalue weighted by atomic mass is 16.6. The fraction of sp³-hybridized carbons (Fsp3) is 0.125. The van der Waals surface area contributed by atoms with Crippen LogP contribution in [-0.2, 0) is 0 Å². The molecule has 6 heteroatoms. The number of nitro groups is 1. The zero-order chi connectivity index (χ0) is 10.7. The Morgan fingerprint density at radius 3 is 2.64 bits per heavy atom. The van der Waals surface area contributed by atoms with Crippen LogP contribution in [0.2, 0.25) is 0 Å². The summed E-state index contributed by atoms with van der Waals surface area (Å²) in [5.41, 5.74) is -0.968. The van der Waals surface area contributed by atoms with E-state index in [0.29, 0.717) is 0 Å². The molecule has 0 aliphatic heterocycles. The van der Waals surface area contributed by atoms with E-state index < -0.39 is 28.8 Å². The Bertz CT molecular complexity index is 387. The molecule has 0 aliphatic rings. The number of para-hydroxylation sites is 1. The van der Waals surface area contributed by atoms with E-state index >= 15 is 0 Å². The summed E-state index contributed by atoms with van der Waals surface area (Å²) >= 11 is 0. The summed E-state index contributed by atoms with van der Waals surface area (Å²) < 4.78 is 0. The summed E-state index contributed by atoms with van der Waals surface area (Å²) in [7, 11) is 0. The van der Waals surface area contributed by atoms with Gasteiger partial charge in [-0.25, -0.2) is 0 Å². The fourth-order valence-electron chi connectivity index (χ4n) is 1.03. The number of rotatable bonds is 3. The average Bonchev–Trinajstić information content (AvgIpc) is 2.15. The predicted octanol–water partition coefficient (Wildman–Crippen LogP) is 0.475. The van der Waals surface area contributed by atoms with Crippen molar-refractivity contribution in [3.8, 4) is 5.75 Å². The largest absolute Gasteiger partial charge is 0.502 e. The van der Waals surface area contributed by atoms with Crippen molar-refractivity contribution >= 4 is 11.5 Å². The normalized spacial score (nSPS) is 9.79. The van der Waals surface area contributed by atoms with E-state index in [1.54, 1.807) is 0 Å². The first-order chi connectivity index (χ1) is 6.57. The first-order valence-corrected chi connectivity index (χ1v) is 3.68. The Balaban J connectivity index is 3.35. The number of ketones is 1. The lowest BCUT2D eigenvalue weighted by Crippen LogP contribution is -2.07. The second-order valence-corrected chi connectivity index (χ2v) is 2.51. The Morgan fingerprint density at radius 1 is 1.50 bits per heavy atom. The van der Waals surface area contributed by atoms with Gasteiger partial charge in [0.25, 0.3) is 0 Å². The topological polar surface area (TPSA) is 101 Å². The Labute approximate surface area is 78.6 Å². The number of carbonyl (C=O) groups excluding carboxylic acids is 1. The van der Waals surface area contributed by atoms with Gasteiger partial charge in [0.1, 0.15) is 12.2 Å². The summed E-state index contributed by atoms with van der Waals surface area (Å²) in [6.07, 6.45) is 0.